The molecule has 62 heavy (non-hydrogen) atoms. The van der Waals surface area contributed by atoms with E-state index in [-0.39, 0.29) is 0 Å². The molecule has 0 radical (unpaired) electrons. The Bertz CT molecular complexity index is 3640. The Morgan fingerprint density at radius 3 is 1.60 bits per heavy atom. The first kappa shape index (κ1) is 35.7. The fourth-order valence-electron chi connectivity index (χ4n) is 9.66. The summed E-state index contributed by atoms with van der Waals surface area (Å²) in [7, 11) is 0. The van der Waals surface area contributed by atoms with Crippen molar-refractivity contribution in [2.75, 3.05) is 4.90 Å². The second kappa shape index (κ2) is 14.8. The standard InChI is InChI=1S/C60H40N2/c1-3-17-41(18-4-1)51-27-11-13-31-57(51)61(49-36-35-44-34-33-43-21-9-10-26-50(43)55(44)40-49)48-25-15-24-47(37-48)53-30-16-29-52(42-19-5-2-6-20-42)60(53)62-58-32-14-12-28-54(58)56-38-45-22-7-8-23-46(45)39-59(56)62/h1-40H. The van der Waals surface area contributed by atoms with Crippen LogP contribution in [-0.2, 0) is 0 Å². The van der Waals surface area contributed by atoms with Crippen LogP contribution < -0.4 is 4.90 Å². The Labute approximate surface area is 360 Å². The average Bonchev–Trinajstić information content (AvgIpc) is 3.66. The molecule has 290 valence electrons. The Kier molecular flexibility index (Phi) is 8.53. The highest BCUT2D eigenvalue weighted by atomic mass is 15.1. The molecule has 12 rings (SSSR count). The van der Waals surface area contributed by atoms with E-state index in [1.165, 1.54) is 76.4 Å². The van der Waals surface area contributed by atoms with Crippen molar-refractivity contribution in [3.63, 3.8) is 0 Å². The number of aromatic nitrogens is 1. The summed E-state index contributed by atoms with van der Waals surface area (Å²) < 4.78 is 2.51. The van der Waals surface area contributed by atoms with E-state index in [9.17, 15) is 0 Å². The molecule has 11 aromatic carbocycles. The molecule has 0 saturated heterocycles. The van der Waals surface area contributed by atoms with Gasteiger partial charge in [0.1, 0.15) is 0 Å². The summed E-state index contributed by atoms with van der Waals surface area (Å²) in [6.07, 6.45) is 0. The van der Waals surface area contributed by atoms with Crippen molar-refractivity contribution in [2.24, 2.45) is 0 Å². The third kappa shape index (κ3) is 5.96. The van der Waals surface area contributed by atoms with Gasteiger partial charge in [-0.05, 0) is 97.5 Å². The highest BCUT2D eigenvalue weighted by molar-refractivity contribution is 6.15. The van der Waals surface area contributed by atoms with Gasteiger partial charge in [0.05, 0.1) is 22.4 Å². The molecule has 0 amide bonds. The molecule has 0 saturated carbocycles. The minimum atomic E-state index is 1.08. The summed E-state index contributed by atoms with van der Waals surface area (Å²) in [4.78, 5) is 2.44. The van der Waals surface area contributed by atoms with Crippen molar-refractivity contribution in [2.45, 2.75) is 0 Å². The molecule has 0 spiro atoms. The van der Waals surface area contributed by atoms with Crippen molar-refractivity contribution in [3.8, 4) is 39.1 Å². The topological polar surface area (TPSA) is 8.17 Å². The predicted molar refractivity (Wildman–Crippen MR) is 264 cm³/mol. The number of fused-ring (bicyclic) bond motifs is 7. The lowest BCUT2D eigenvalue weighted by Gasteiger charge is -2.29. The summed E-state index contributed by atoms with van der Waals surface area (Å²) in [6.45, 7) is 0. The van der Waals surface area contributed by atoms with Crippen LogP contribution in [0.15, 0.2) is 243 Å². The molecule has 0 bridgehead atoms. The molecule has 0 aliphatic heterocycles. The minimum Gasteiger partial charge on any atom is -0.310 e. The lowest BCUT2D eigenvalue weighted by molar-refractivity contribution is 1.18. The number of nitrogens with zero attached hydrogens (tertiary/aromatic N) is 2. The maximum atomic E-state index is 2.51. The fraction of sp³-hybridized carbons (Fsp3) is 0. The van der Waals surface area contributed by atoms with Gasteiger partial charge in [0.25, 0.3) is 0 Å². The van der Waals surface area contributed by atoms with E-state index < -0.39 is 0 Å². The van der Waals surface area contributed by atoms with Crippen LogP contribution in [0.5, 0.6) is 0 Å². The fourth-order valence-corrected chi connectivity index (χ4v) is 9.66. The average molecular weight is 789 g/mol. The van der Waals surface area contributed by atoms with Crippen LogP contribution in [0, 0.1) is 0 Å². The Balaban J connectivity index is 1.13. The largest absolute Gasteiger partial charge is 0.310 e. The van der Waals surface area contributed by atoms with Crippen LogP contribution in [0.1, 0.15) is 0 Å². The van der Waals surface area contributed by atoms with Crippen molar-refractivity contribution >= 4 is 71.2 Å². The minimum absolute atomic E-state index is 1.08. The molecule has 0 fully saturated rings. The van der Waals surface area contributed by atoms with Gasteiger partial charge in [0.15, 0.2) is 0 Å². The van der Waals surface area contributed by atoms with E-state index in [0.29, 0.717) is 0 Å². The van der Waals surface area contributed by atoms with E-state index >= 15 is 0 Å². The lowest BCUT2D eigenvalue weighted by atomic mass is 9.94. The first-order valence-corrected chi connectivity index (χ1v) is 21.3. The van der Waals surface area contributed by atoms with Crippen LogP contribution >= 0.6 is 0 Å². The summed E-state index contributed by atoms with van der Waals surface area (Å²) in [6, 6.07) is 88.7. The van der Waals surface area contributed by atoms with Gasteiger partial charge < -0.3 is 9.47 Å². The van der Waals surface area contributed by atoms with Crippen LogP contribution in [0.3, 0.4) is 0 Å². The number of para-hydroxylation sites is 3. The van der Waals surface area contributed by atoms with Gasteiger partial charge in [-0.2, -0.15) is 0 Å². The third-order valence-corrected chi connectivity index (χ3v) is 12.5. The normalized spacial score (nSPS) is 11.5. The molecule has 0 aliphatic rings. The molecule has 0 N–H and O–H groups in total. The molecule has 1 aromatic heterocycles. The van der Waals surface area contributed by atoms with E-state index in [1.807, 2.05) is 0 Å². The van der Waals surface area contributed by atoms with Gasteiger partial charge in [-0.25, -0.2) is 0 Å². The molecule has 2 heteroatoms. The van der Waals surface area contributed by atoms with Crippen molar-refractivity contribution < 1.29 is 0 Å². The molecular formula is C60H40N2. The van der Waals surface area contributed by atoms with Gasteiger partial charge in [-0.15, -0.1) is 0 Å². The number of rotatable bonds is 7. The van der Waals surface area contributed by atoms with Gasteiger partial charge in [0.2, 0.25) is 0 Å². The molecule has 2 nitrogen and oxygen atoms in total. The highest BCUT2D eigenvalue weighted by Crippen LogP contribution is 2.46. The monoisotopic (exact) mass is 788 g/mol. The zero-order valence-electron chi connectivity index (χ0n) is 34.0. The summed E-state index contributed by atoms with van der Waals surface area (Å²) >= 11 is 0. The summed E-state index contributed by atoms with van der Waals surface area (Å²) in [5.74, 6) is 0. The smallest absolute Gasteiger partial charge is 0.0618 e. The maximum Gasteiger partial charge on any atom is 0.0618 e. The molecular weight excluding hydrogens is 749 g/mol. The molecule has 1 heterocycles. The van der Waals surface area contributed by atoms with Gasteiger partial charge in [-0.3, -0.25) is 0 Å². The number of hydrogen-bond acceptors (Lipinski definition) is 1. The zero-order chi connectivity index (χ0) is 41.0. The summed E-state index contributed by atoms with van der Waals surface area (Å²) in [5.41, 5.74) is 13.8. The van der Waals surface area contributed by atoms with Gasteiger partial charge in [-0.1, -0.05) is 194 Å². The quantitative estimate of drug-likeness (QED) is 0.146. The summed E-state index contributed by atoms with van der Waals surface area (Å²) in [5, 5.41) is 9.88. The third-order valence-electron chi connectivity index (χ3n) is 12.5. The van der Waals surface area contributed by atoms with Crippen molar-refractivity contribution in [3.05, 3.63) is 243 Å². The number of anilines is 3. The molecule has 12 aromatic rings. The molecule has 0 unspecified atom stereocenters. The lowest BCUT2D eigenvalue weighted by Crippen LogP contribution is -2.11. The highest BCUT2D eigenvalue weighted by Gasteiger charge is 2.23. The van der Waals surface area contributed by atoms with E-state index in [2.05, 4.69) is 252 Å². The maximum absolute atomic E-state index is 2.51. The van der Waals surface area contributed by atoms with Crippen molar-refractivity contribution in [1.82, 2.24) is 4.57 Å². The van der Waals surface area contributed by atoms with Crippen LogP contribution in [-0.4, -0.2) is 4.57 Å². The van der Waals surface area contributed by atoms with Crippen LogP contribution in [0.25, 0.3) is 93.2 Å². The molecule has 0 atom stereocenters. The zero-order valence-corrected chi connectivity index (χ0v) is 34.0. The Morgan fingerprint density at radius 2 is 0.806 bits per heavy atom. The van der Waals surface area contributed by atoms with Crippen molar-refractivity contribution in [1.29, 1.82) is 0 Å². The van der Waals surface area contributed by atoms with Crippen LogP contribution in [0.4, 0.5) is 17.1 Å². The first-order chi connectivity index (χ1) is 30.8. The van der Waals surface area contributed by atoms with E-state index in [4.69, 9.17) is 0 Å². The second-order valence-corrected chi connectivity index (χ2v) is 16.1. The predicted octanol–water partition coefficient (Wildman–Crippen LogP) is 16.7. The van der Waals surface area contributed by atoms with E-state index in [0.717, 1.165) is 33.9 Å². The second-order valence-electron chi connectivity index (χ2n) is 16.1. The number of hydrogen-bond donors (Lipinski definition) is 0. The first-order valence-electron chi connectivity index (χ1n) is 21.3. The van der Waals surface area contributed by atoms with Gasteiger partial charge in [0, 0.05) is 38.8 Å². The van der Waals surface area contributed by atoms with Gasteiger partial charge >= 0.3 is 0 Å². The number of benzene rings is 11. The Morgan fingerprint density at radius 1 is 0.274 bits per heavy atom. The Hall–Kier alpha value is -8.20. The molecule has 0 aliphatic carbocycles. The van der Waals surface area contributed by atoms with E-state index in [1.54, 1.807) is 0 Å². The SMILES string of the molecule is c1ccc(-c2ccccc2N(c2cccc(-c3cccc(-c4ccccc4)c3-n3c4ccccc4c4cc5ccccc5cc43)c2)c2ccc3ccc4ccccc4c3c2)cc1. The van der Waals surface area contributed by atoms with Crippen LogP contribution in [0.2, 0.25) is 0 Å².